The Morgan fingerprint density at radius 1 is 1.50 bits per heavy atom. The molecule has 3 nitrogen and oxygen atoms in total. The molecule has 0 unspecified atom stereocenters. The van der Waals surface area contributed by atoms with Crippen molar-refractivity contribution in [3.05, 3.63) is 15.6 Å². The molecule has 0 amide bonds. The number of thiazole rings is 1. The van der Waals surface area contributed by atoms with Gasteiger partial charge in [-0.2, -0.15) is 0 Å². The number of ether oxygens (including phenoxy) is 1. The third-order valence-electron chi connectivity index (χ3n) is 1.92. The zero-order valence-corrected chi connectivity index (χ0v) is 9.91. The molecule has 1 aromatic rings. The summed E-state index contributed by atoms with van der Waals surface area (Å²) < 4.78 is 5.10. The fourth-order valence-electron chi connectivity index (χ4n) is 1.20. The highest BCUT2D eigenvalue weighted by Crippen LogP contribution is 2.18. The number of nitrogens with zero attached hydrogens (tertiary/aromatic N) is 1. The van der Waals surface area contributed by atoms with Crippen LogP contribution in [0.15, 0.2) is 0 Å². The van der Waals surface area contributed by atoms with Gasteiger partial charge in [0.1, 0.15) is 5.01 Å². The minimum absolute atomic E-state index is 0.678. The summed E-state index contributed by atoms with van der Waals surface area (Å²) in [5.41, 5.74) is 1.10. The Morgan fingerprint density at radius 2 is 2.29 bits per heavy atom. The molecule has 0 aliphatic carbocycles. The molecule has 4 heteroatoms. The summed E-state index contributed by atoms with van der Waals surface area (Å²) in [5.74, 6) is 0. The van der Waals surface area contributed by atoms with E-state index >= 15 is 0 Å². The van der Waals surface area contributed by atoms with E-state index in [0.717, 1.165) is 30.2 Å². The molecule has 1 heterocycles. The highest BCUT2D eigenvalue weighted by atomic mass is 32.1. The summed E-state index contributed by atoms with van der Waals surface area (Å²) in [7, 11) is 1.72. The van der Waals surface area contributed by atoms with Crippen molar-refractivity contribution in [2.45, 2.75) is 33.4 Å². The van der Waals surface area contributed by atoms with Crippen LogP contribution in [0.2, 0.25) is 0 Å². The molecule has 0 saturated carbocycles. The lowest BCUT2D eigenvalue weighted by Gasteiger charge is -1.97. The van der Waals surface area contributed by atoms with Crippen LogP contribution in [0, 0.1) is 6.92 Å². The number of rotatable bonds is 6. The number of hydrogen-bond acceptors (Lipinski definition) is 4. The second-order valence-electron chi connectivity index (χ2n) is 3.23. The first-order chi connectivity index (χ1) is 6.77. The van der Waals surface area contributed by atoms with E-state index in [1.165, 1.54) is 4.88 Å². The van der Waals surface area contributed by atoms with Crippen LogP contribution in [0.4, 0.5) is 0 Å². The summed E-state index contributed by atoms with van der Waals surface area (Å²) in [4.78, 5) is 5.71. The topological polar surface area (TPSA) is 34.2 Å². The lowest BCUT2D eigenvalue weighted by atomic mass is 10.4. The molecule has 0 radical (unpaired) electrons. The Balaban J connectivity index is 2.48. The van der Waals surface area contributed by atoms with E-state index in [1.807, 2.05) is 6.92 Å². The normalized spacial score (nSPS) is 10.8. The van der Waals surface area contributed by atoms with Gasteiger partial charge in [-0.15, -0.1) is 11.3 Å². The summed E-state index contributed by atoms with van der Waals surface area (Å²) in [6, 6.07) is 0. The van der Waals surface area contributed by atoms with Crippen molar-refractivity contribution in [2.75, 3.05) is 13.7 Å². The maximum atomic E-state index is 5.10. The Hall–Kier alpha value is -0.450. The molecular formula is C10H18N2OS. The summed E-state index contributed by atoms with van der Waals surface area (Å²) in [6.07, 6.45) is 1.16. The Kier molecular flexibility index (Phi) is 5.07. The van der Waals surface area contributed by atoms with Gasteiger partial charge in [-0.1, -0.05) is 6.92 Å². The number of aromatic nitrogens is 1. The molecule has 0 atom stereocenters. The molecule has 1 N–H and O–H groups in total. The van der Waals surface area contributed by atoms with E-state index in [4.69, 9.17) is 4.74 Å². The monoisotopic (exact) mass is 214 g/mol. The second kappa shape index (κ2) is 6.11. The lowest BCUT2D eigenvalue weighted by Crippen LogP contribution is -2.13. The minimum atomic E-state index is 0.678. The Labute approximate surface area is 89.5 Å². The summed E-state index contributed by atoms with van der Waals surface area (Å²) in [6.45, 7) is 6.81. The molecular weight excluding hydrogens is 196 g/mol. The maximum absolute atomic E-state index is 5.10. The highest BCUT2D eigenvalue weighted by molar-refractivity contribution is 7.11. The van der Waals surface area contributed by atoms with Gasteiger partial charge in [-0.3, -0.25) is 0 Å². The molecule has 0 spiro atoms. The molecule has 0 fully saturated rings. The van der Waals surface area contributed by atoms with Gasteiger partial charge in [-0.05, 0) is 19.9 Å². The highest BCUT2D eigenvalue weighted by Gasteiger charge is 2.06. The van der Waals surface area contributed by atoms with Crippen molar-refractivity contribution in [2.24, 2.45) is 0 Å². The third-order valence-corrected chi connectivity index (χ3v) is 3.05. The zero-order valence-electron chi connectivity index (χ0n) is 9.09. The van der Waals surface area contributed by atoms with Gasteiger partial charge in [0, 0.05) is 13.7 Å². The molecule has 80 valence electrons. The second-order valence-corrected chi connectivity index (χ2v) is 4.39. The lowest BCUT2D eigenvalue weighted by molar-refractivity contribution is 0.187. The van der Waals surface area contributed by atoms with Crippen molar-refractivity contribution in [3.8, 4) is 0 Å². The Morgan fingerprint density at radius 3 is 2.93 bits per heavy atom. The van der Waals surface area contributed by atoms with Crippen LogP contribution in [0.3, 0.4) is 0 Å². The Bertz CT molecular complexity index is 273. The van der Waals surface area contributed by atoms with Crippen molar-refractivity contribution < 1.29 is 4.74 Å². The smallest absolute Gasteiger partial charge is 0.107 e. The number of aryl methyl sites for hydroxylation is 1. The quantitative estimate of drug-likeness (QED) is 0.736. The maximum Gasteiger partial charge on any atom is 0.107 e. The van der Waals surface area contributed by atoms with E-state index in [0.29, 0.717) is 6.61 Å². The van der Waals surface area contributed by atoms with E-state index in [1.54, 1.807) is 18.4 Å². The van der Waals surface area contributed by atoms with Crippen molar-refractivity contribution in [1.82, 2.24) is 10.3 Å². The molecule has 0 saturated heterocycles. The fourth-order valence-corrected chi connectivity index (χ4v) is 2.21. The van der Waals surface area contributed by atoms with Crippen LogP contribution in [0.5, 0.6) is 0 Å². The first kappa shape index (κ1) is 11.6. The zero-order chi connectivity index (χ0) is 10.4. The molecule has 0 aliphatic rings. The summed E-state index contributed by atoms with van der Waals surface area (Å²) >= 11 is 1.74. The van der Waals surface area contributed by atoms with Gasteiger partial charge >= 0.3 is 0 Å². The molecule has 0 aromatic carbocycles. The van der Waals surface area contributed by atoms with Gasteiger partial charge in [0.25, 0.3) is 0 Å². The van der Waals surface area contributed by atoms with Crippen LogP contribution < -0.4 is 5.32 Å². The standard InChI is InChI=1S/C10H18N2OS/c1-4-5-11-6-10-12-8(2)9(14-10)7-13-3/h11H,4-7H2,1-3H3. The van der Waals surface area contributed by atoms with E-state index < -0.39 is 0 Å². The van der Waals surface area contributed by atoms with Crippen LogP contribution in [-0.2, 0) is 17.9 Å². The van der Waals surface area contributed by atoms with E-state index in [-0.39, 0.29) is 0 Å². The number of methoxy groups -OCH3 is 1. The SMILES string of the molecule is CCCNCc1nc(C)c(COC)s1. The number of nitrogens with one attached hydrogen (secondary N) is 1. The van der Waals surface area contributed by atoms with Crippen LogP contribution in [0.25, 0.3) is 0 Å². The fraction of sp³-hybridized carbons (Fsp3) is 0.700. The average molecular weight is 214 g/mol. The average Bonchev–Trinajstić information content (AvgIpc) is 2.49. The van der Waals surface area contributed by atoms with Gasteiger partial charge in [-0.25, -0.2) is 4.98 Å². The van der Waals surface area contributed by atoms with Gasteiger partial charge < -0.3 is 10.1 Å². The third kappa shape index (κ3) is 3.36. The van der Waals surface area contributed by atoms with E-state index in [2.05, 4.69) is 17.2 Å². The van der Waals surface area contributed by atoms with Crippen molar-refractivity contribution in [1.29, 1.82) is 0 Å². The summed E-state index contributed by atoms with van der Waals surface area (Å²) in [5, 5.41) is 4.50. The molecule has 0 aliphatic heterocycles. The number of hydrogen-bond donors (Lipinski definition) is 1. The molecule has 14 heavy (non-hydrogen) atoms. The van der Waals surface area contributed by atoms with Crippen LogP contribution in [0.1, 0.15) is 28.9 Å². The van der Waals surface area contributed by atoms with Crippen LogP contribution in [-0.4, -0.2) is 18.6 Å². The molecule has 0 bridgehead atoms. The minimum Gasteiger partial charge on any atom is -0.379 e. The van der Waals surface area contributed by atoms with E-state index in [9.17, 15) is 0 Å². The first-order valence-electron chi connectivity index (χ1n) is 4.92. The van der Waals surface area contributed by atoms with Crippen LogP contribution >= 0.6 is 11.3 Å². The van der Waals surface area contributed by atoms with Gasteiger partial charge in [0.15, 0.2) is 0 Å². The first-order valence-corrected chi connectivity index (χ1v) is 5.74. The molecule has 1 rings (SSSR count). The predicted octanol–water partition coefficient (Wildman–Crippen LogP) is 2.10. The largest absolute Gasteiger partial charge is 0.379 e. The van der Waals surface area contributed by atoms with Crippen molar-refractivity contribution in [3.63, 3.8) is 0 Å². The van der Waals surface area contributed by atoms with Gasteiger partial charge in [0.2, 0.25) is 0 Å². The molecule has 1 aromatic heterocycles. The predicted molar refractivity (Wildman–Crippen MR) is 59.6 cm³/mol. The van der Waals surface area contributed by atoms with Crippen molar-refractivity contribution >= 4 is 11.3 Å². The van der Waals surface area contributed by atoms with Gasteiger partial charge in [0.05, 0.1) is 17.2 Å².